The van der Waals surface area contributed by atoms with Crippen LogP contribution in [0.4, 0.5) is 11.4 Å². The second kappa shape index (κ2) is 8.49. The van der Waals surface area contributed by atoms with Crippen LogP contribution in [0.25, 0.3) is 0 Å². The molecule has 0 radical (unpaired) electrons. The number of carbonyl (C=O) groups excluding carboxylic acids is 2. The van der Waals surface area contributed by atoms with E-state index in [-0.39, 0.29) is 18.2 Å². The summed E-state index contributed by atoms with van der Waals surface area (Å²) in [5, 5.41) is 2.82. The van der Waals surface area contributed by atoms with Crippen molar-refractivity contribution in [3.63, 3.8) is 0 Å². The number of methoxy groups -OCH3 is 1. The predicted molar refractivity (Wildman–Crippen MR) is 98.4 cm³/mol. The van der Waals surface area contributed by atoms with E-state index < -0.39 is 0 Å². The van der Waals surface area contributed by atoms with Crippen molar-refractivity contribution in [1.82, 2.24) is 0 Å². The summed E-state index contributed by atoms with van der Waals surface area (Å²) in [7, 11) is 1.57. The summed E-state index contributed by atoms with van der Waals surface area (Å²) in [6.07, 6.45) is 0.198. The van der Waals surface area contributed by atoms with E-state index in [9.17, 15) is 9.59 Å². The molecule has 0 bridgehead atoms. The highest BCUT2D eigenvalue weighted by Gasteiger charge is 2.14. The van der Waals surface area contributed by atoms with Crippen molar-refractivity contribution in [2.75, 3.05) is 23.9 Å². The number of rotatable bonds is 6. The van der Waals surface area contributed by atoms with Gasteiger partial charge in [-0.05, 0) is 30.3 Å². The number of hydrogen-bond donors (Lipinski definition) is 1. The highest BCUT2D eigenvalue weighted by atomic mass is 79.9. The smallest absolute Gasteiger partial charge is 0.226 e. The molecule has 0 aliphatic heterocycles. The van der Waals surface area contributed by atoms with Crippen LogP contribution in [-0.4, -0.2) is 25.5 Å². The second-order valence-corrected chi connectivity index (χ2v) is 6.10. The maximum atomic E-state index is 12.1. The molecule has 2 aromatic rings. The summed E-state index contributed by atoms with van der Waals surface area (Å²) in [5.41, 5.74) is 1.42. The van der Waals surface area contributed by atoms with Gasteiger partial charge in [0.05, 0.1) is 7.11 Å². The molecule has 24 heavy (non-hydrogen) atoms. The molecule has 1 N–H and O–H groups in total. The number of hydrogen-bond acceptors (Lipinski definition) is 3. The molecular weight excluding hydrogens is 372 g/mol. The fourth-order valence-electron chi connectivity index (χ4n) is 2.25. The number of ether oxygens (including phenoxy) is 1. The van der Waals surface area contributed by atoms with Crippen molar-refractivity contribution in [2.24, 2.45) is 0 Å². The van der Waals surface area contributed by atoms with Gasteiger partial charge in [0.25, 0.3) is 0 Å². The van der Waals surface area contributed by atoms with Crippen molar-refractivity contribution < 1.29 is 14.3 Å². The summed E-state index contributed by atoms with van der Waals surface area (Å²) >= 11 is 3.36. The normalized spacial score (nSPS) is 10.1. The summed E-state index contributed by atoms with van der Waals surface area (Å²) in [4.78, 5) is 25.6. The molecule has 0 fully saturated rings. The van der Waals surface area contributed by atoms with E-state index in [0.29, 0.717) is 23.7 Å². The van der Waals surface area contributed by atoms with Crippen LogP contribution >= 0.6 is 15.9 Å². The number of anilines is 2. The zero-order chi connectivity index (χ0) is 17.5. The molecule has 0 unspecified atom stereocenters. The number of amides is 2. The Hall–Kier alpha value is -2.34. The van der Waals surface area contributed by atoms with Gasteiger partial charge >= 0.3 is 0 Å². The summed E-state index contributed by atoms with van der Waals surface area (Å²) in [6, 6.07) is 14.6. The number of nitrogens with one attached hydrogen (secondary N) is 1. The van der Waals surface area contributed by atoms with Crippen LogP contribution in [-0.2, 0) is 9.59 Å². The molecule has 126 valence electrons. The van der Waals surface area contributed by atoms with Crippen LogP contribution in [0.1, 0.15) is 13.3 Å². The van der Waals surface area contributed by atoms with Gasteiger partial charge < -0.3 is 15.0 Å². The average molecular weight is 391 g/mol. The maximum absolute atomic E-state index is 12.1. The monoisotopic (exact) mass is 390 g/mol. The van der Waals surface area contributed by atoms with Crippen LogP contribution in [0.3, 0.4) is 0 Å². The quantitative estimate of drug-likeness (QED) is 0.814. The van der Waals surface area contributed by atoms with Crippen LogP contribution in [0, 0.1) is 0 Å². The molecule has 2 amide bonds. The minimum atomic E-state index is -0.151. The fraction of sp³-hybridized carbons (Fsp3) is 0.222. The second-order valence-electron chi connectivity index (χ2n) is 5.18. The third-order valence-electron chi connectivity index (χ3n) is 3.42. The van der Waals surface area contributed by atoms with Gasteiger partial charge in [0, 0.05) is 41.8 Å². The van der Waals surface area contributed by atoms with Crippen LogP contribution < -0.4 is 15.0 Å². The first kappa shape index (κ1) is 18.0. The van der Waals surface area contributed by atoms with E-state index in [1.807, 2.05) is 42.5 Å². The van der Waals surface area contributed by atoms with Gasteiger partial charge in [0.1, 0.15) is 5.75 Å². The molecule has 2 aromatic carbocycles. The van der Waals surface area contributed by atoms with Gasteiger partial charge in [0.2, 0.25) is 11.8 Å². The van der Waals surface area contributed by atoms with Crippen molar-refractivity contribution in [3.05, 3.63) is 53.0 Å². The van der Waals surface area contributed by atoms with Gasteiger partial charge in [-0.2, -0.15) is 0 Å². The Labute approximate surface area is 149 Å². The van der Waals surface area contributed by atoms with E-state index in [1.54, 1.807) is 18.1 Å². The van der Waals surface area contributed by atoms with Crippen LogP contribution in [0.15, 0.2) is 53.0 Å². The van der Waals surface area contributed by atoms with Crippen molar-refractivity contribution in [1.29, 1.82) is 0 Å². The van der Waals surface area contributed by atoms with Crippen molar-refractivity contribution in [3.8, 4) is 5.75 Å². The van der Waals surface area contributed by atoms with Gasteiger partial charge in [-0.25, -0.2) is 0 Å². The van der Waals surface area contributed by atoms with Crippen molar-refractivity contribution >= 4 is 39.1 Å². The van der Waals surface area contributed by atoms with Crippen LogP contribution in [0.5, 0.6) is 5.75 Å². The molecule has 0 aromatic heterocycles. The molecule has 2 rings (SSSR count). The standard InChI is InChI=1S/C18H19BrN2O3/c1-13(22)21(16-7-4-8-17(12-16)24-2)10-9-18(23)20-15-6-3-5-14(19)11-15/h3-8,11-12H,9-10H2,1-2H3,(H,20,23). The van der Waals surface area contributed by atoms with Crippen LogP contribution in [0.2, 0.25) is 0 Å². The Kier molecular flexibility index (Phi) is 6.37. The third-order valence-corrected chi connectivity index (χ3v) is 3.91. The van der Waals surface area contributed by atoms with Gasteiger partial charge in [-0.3, -0.25) is 9.59 Å². The molecule has 0 atom stereocenters. The van der Waals surface area contributed by atoms with E-state index in [0.717, 1.165) is 4.47 Å². The molecule has 0 aliphatic carbocycles. The zero-order valence-electron chi connectivity index (χ0n) is 13.6. The van der Waals surface area contributed by atoms with E-state index >= 15 is 0 Å². The predicted octanol–water partition coefficient (Wildman–Crippen LogP) is 3.84. The molecular formula is C18H19BrN2O3. The summed E-state index contributed by atoms with van der Waals surface area (Å²) < 4.78 is 6.07. The van der Waals surface area contributed by atoms with Gasteiger partial charge in [-0.15, -0.1) is 0 Å². The SMILES string of the molecule is COc1cccc(N(CCC(=O)Nc2cccc(Br)c2)C(C)=O)c1. The molecule has 0 spiro atoms. The van der Waals surface area contributed by atoms with Crippen molar-refractivity contribution in [2.45, 2.75) is 13.3 Å². The van der Waals surface area contributed by atoms with E-state index in [1.165, 1.54) is 6.92 Å². The lowest BCUT2D eigenvalue weighted by Crippen LogP contribution is -2.31. The molecule has 6 heteroatoms. The minimum absolute atomic E-state index is 0.126. The fourth-order valence-corrected chi connectivity index (χ4v) is 2.65. The topological polar surface area (TPSA) is 58.6 Å². The highest BCUT2D eigenvalue weighted by Crippen LogP contribution is 2.21. The maximum Gasteiger partial charge on any atom is 0.226 e. The average Bonchev–Trinajstić information content (AvgIpc) is 2.55. The molecule has 0 heterocycles. The molecule has 0 saturated heterocycles. The first-order chi connectivity index (χ1) is 11.5. The zero-order valence-corrected chi connectivity index (χ0v) is 15.2. The highest BCUT2D eigenvalue weighted by molar-refractivity contribution is 9.10. The van der Waals surface area contributed by atoms with E-state index in [4.69, 9.17) is 4.74 Å². The Morgan fingerprint density at radius 1 is 1.17 bits per heavy atom. The Morgan fingerprint density at radius 3 is 2.58 bits per heavy atom. The van der Waals surface area contributed by atoms with Gasteiger partial charge in [0.15, 0.2) is 0 Å². The third kappa shape index (κ3) is 5.09. The Morgan fingerprint density at radius 2 is 1.92 bits per heavy atom. The first-order valence-electron chi connectivity index (χ1n) is 7.47. The number of benzene rings is 2. The molecule has 0 saturated carbocycles. The van der Waals surface area contributed by atoms with Gasteiger partial charge in [-0.1, -0.05) is 28.1 Å². The summed E-state index contributed by atoms with van der Waals surface area (Å²) in [6.45, 7) is 1.77. The lowest BCUT2D eigenvalue weighted by molar-refractivity contribution is -0.117. The summed E-state index contributed by atoms with van der Waals surface area (Å²) in [5.74, 6) is 0.387. The lowest BCUT2D eigenvalue weighted by Gasteiger charge is -2.21. The number of nitrogens with zero attached hydrogens (tertiary/aromatic N) is 1. The first-order valence-corrected chi connectivity index (χ1v) is 8.26. The lowest BCUT2D eigenvalue weighted by atomic mass is 10.2. The molecule has 5 nitrogen and oxygen atoms in total. The molecule has 0 aliphatic rings. The Bertz CT molecular complexity index is 734. The number of halogens is 1. The largest absolute Gasteiger partial charge is 0.497 e. The van der Waals surface area contributed by atoms with E-state index in [2.05, 4.69) is 21.2 Å². The Balaban J connectivity index is 2.00. The minimum Gasteiger partial charge on any atom is -0.497 e. The number of carbonyl (C=O) groups is 2.